The van der Waals surface area contributed by atoms with E-state index in [4.69, 9.17) is 4.74 Å². The van der Waals surface area contributed by atoms with Gasteiger partial charge in [0.2, 0.25) is 0 Å². The Balaban J connectivity index is 1.64. The molecule has 3 nitrogen and oxygen atoms in total. The van der Waals surface area contributed by atoms with Crippen molar-refractivity contribution >= 4 is 55.9 Å². The summed E-state index contributed by atoms with van der Waals surface area (Å²) in [5, 5.41) is 7.51. The minimum absolute atomic E-state index is 0.452. The number of rotatable bonds is 5. The highest BCUT2D eigenvalue weighted by atomic mass is 16.5. The second kappa shape index (κ2) is 7.64. The number of benzene rings is 6. The lowest BCUT2D eigenvalue weighted by Gasteiger charge is -2.28. The molecule has 0 unspecified atom stereocenters. The summed E-state index contributed by atoms with van der Waals surface area (Å²) in [4.78, 5) is 13.0. The van der Waals surface area contributed by atoms with Crippen LogP contribution in [0.15, 0.2) is 103 Å². The number of hydrogen-bond acceptors (Lipinski definition) is 3. The van der Waals surface area contributed by atoms with Crippen molar-refractivity contribution < 1.29 is 9.53 Å². The first-order valence-corrected chi connectivity index (χ1v) is 11.0. The molecule has 6 rings (SSSR count). The van der Waals surface area contributed by atoms with Crippen LogP contribution < -0.4 is 9.64 Å². The van der Waals surface area contributed by atoms with Crippen LogP contribution in [0.3, 0.4) is 0 Å². The molecule has 0 heterocycles. The van der Waals surface area contributed by atoms with E-state index in [9.17, 15) is 4.79 Å². The van der Waals surface area contributed by atoms with Crippen LogP contribution in [0.25, 0.3) is 32.3 Å². The molecule has 0 aromatic heterocycles. The molecule has 0 aliphatic rings. The molecule has 0 aliphatic carbocycles. The number of ether oxygens (including phenoxy) is 1. The molecule has 0 saturated carbocycles. The molecule has 6 aromatic carbocycles. The average Bonchev–Trinajstić information content (AvgIpc) is 2.86. The fourth-order valence-corrected chi connectivity index (χ4v) is 4.77. The Bertz CT molecular complexity index is 1590. The van der Waals surface area contributed by atoms with Crippen LogP contribution in [0.2, 0.25) is 0 Å². The predicted molar refractivity (Wildman–Crippen MR) is 136 cm³/mol. The van der Waals surface area contributed by atoms with Crippen LogP contribution >= 0.6 is 0 Å². The van der Waals surface area contributed by atoms with E-state index in [0.29, 0.717) is 12.2 Å². The van der Waals surface area contributed by atoms with Gasteiger partial charge in [-0.15, -0.1) is 0 Å². The monoisotopic (exact) mass is 427 g/mol. The van der Waals surface area contributed by atoms with Crippen LogP contribution in [0.4, 0.5) is 17.1 Å². The molecular weight excluding hydrogens is 406 g/mol. The molecule has 0 aliphatic heterocycles. The molecule has 0 radical (unpaired) electrons. The normalized spacial score (nSPS) is 11.3. The first-order valence-electron chi connectivity index (χ1n) is 11.0. The Labute approximate surface area is 191 Å². The van der Waals surface area contributed by atoms with Gasteiger partial charge < -0.3 is 9.64 Å². The van der Waals surface area contributed by atoms with Crippen LogP contribution in [0, 0.1) is 6.92 Å². The van der Waals surface area contributed by atoms with Gasteiger partial charge in [-0.05, 0) is 76.3 Å². The summed E-state index contributed by atoms with van der Waals surface area (Å²) in [6, 6.07) is 35.9. The minimum Gasteiger partial charge on any atom is -0.429 e. The lowest BCUT2D eigenvalue weighted by Crippen LogP contribution is -2.10. The van der Waals surface area contributed by atoms with Crippen molar-refractivity contribution in [2.45, 2.75) is 6.92 Å². The van der Waals surface area contributed by atoms with Crippen molar-refractivity contribution in [3.63, 3.8) is 0 Å². The van der Waals surface area contributed by atoms with Crippen molar-refractivity contribution in [2.24, 2.45) is 0 Å². The van der Waals surface area contributed by atoms with Crippen LogP contribution in [0.5, 0.6) is 5.75 Å². The van der Waals surface area contributed by atoms with Gasteiger partial charge in [-0.3, -0.25) is 4.79 Å². The van der Waals surface area contributed by atoms with Gasteiger partial charge >= 0.3 is 0 Å². The van der Waals surface area contributed by atoms with Gasteiger partial charge in [-0.25, -0.2) is 0 Å². The minimum atomic E-state index is 0.452. The van der Waals surface area contributed by atoms with Gasteiger partial charge in [-0.2, -0.15) is 0 Å². The number of nitrogens with zero attached hydrogens (tertiary/aromatic N) is 1. The Morgan fingerprint density at radius 3 is 1.88 bits per heavy atom. The molecule has 6 aromatic rings. The van der Waals surface area contributed by atoms with E-state index in [1.54, 1.807) is 0 Å². The average molecular weight is 428 g/mol. The van der Waals surface area contributed by atoms with Crippen molar-refractivity contribution in [3.8, 4) is 5.75 Å². The Morgan fingerprint density at radius 2 is 1.21 bits per heavy atom. The molecule has 0 N–H and O–H groups in total. The van der Waals surface area contributed by atoms with E-state index in [-0.39, 0.29) is 0 Å². The summed E-state index contributed by atoms with van der Waals surface area (Å²) in [5.74, 6) is 0.521. The molecule has 0 amide bonds. The highest BCUT2D eigenvalue weighted by Crippen LogP contribution is 2.43. The second-order valence-corrected chi connectivity index (χ2v) is 8.32. The van der Waals surface area contributed by atoms with Crippen LogP contribution in [0.1, 0.15) is 5.56 Å². The van der Waals surface area contributed by atoms with Crippen LogP contribution in [-0.4, -0.2) is 6.47 Å². The maximum absolute atomic E-state index is 10.7. The van der Waals surface area contributed by atoms with Gasteiger partial charge in [0.15, 0.2) is 0 Å². The molecule has 0 fully saturated rings. The van der Waals surface area contributed by atoms with Crippen molar-refractivity contribution in [2.75, 3.05) is 4.90 Å². The molecule has 3 heteroatoms. The molecule has 0 saturated heterocycles. The molecule has 33 heavy (non-hydrogen) atoms. The number of carbonyl (C=O) groups is 1. The van der Waals surface area contributed by atoms with E-state index >= 15 is 0 Å². The second-order valence-electron chi connectivity index (χ2n) is 8.32. The third-order valence-electron chi connectivity index (χ3n) is 6.32. The summed E-state index contributed by atoms with van der Waals surface area (Å²) in [6.45, 7) is 2.55. The molecular formula is C30H21NO2. The van der Waals surface area contributed by atoms with Crippen molar-refractivity contribution in [1.29, 1.82) is 0 Å². The quantitative estimate of drug-likeness (QED) is 0.207. The smallest absolute Gasteiger partial charge is 0.298 e. The summed E-state index contributed by atoms with van der Waals surface area (Å²) >= 11 is 0. The molecule has 158 valence electrons. The Morgan fingerprint density at radius 1 is 0.636 bits per heavy atom. The van der Waals surface area contributed by atoms with E-state index in [2.05, 4.69) is 90.7 Å². The van der Waals surface area contributed by atoms with Gasteiger partial charge in [0.1, 0.15) is 5.75 Å². The zero-order valence-electron chi connectivity index (χ0n) is 18.2. The molecule has 0 spiro atoms. The highest BCUT2D eigenvalue weighted by molar-refractivity contribution is 6.25. The molecule has 0 bridgehead atoms. The fourth-order valence-electron chi connectivity index (χ4n) is 4.77. The van der Waals surface area contributed by atoms with E-state index in [1.807, 2.05) is 24.3 Å². The van der Waals surface area contributed by atoms with Crippen molar-refractivity contribution in [1.82, 2.24) is 0 Å². The van der Waals surface area contributed by atoms with Gasteiger partial charge in [0, 0.05) is 16.8 Å². The fraction of sp³-hybridized carbons (Fsp3) is 0.0333. The topological polar surface area (TPSA) is 29.5 Å². The van der Waals surface area contributed by atoms with Crippen LogP contribution in [-0.2, 0) is 4.79 Å². The standard InChI is InChI=1S/C30H21NO2/c1-20-5-11-24(12-6-20)31(25-13-15-26(16-14-25)33-19-32)28-18-10-23-8-7-21-3-2-4-22-9-17-27(28)30(23)29(21)22/h2-19H,1H3. The maximum Gasteiger partial charge on any atom is 0.298 e. The number of aryl methyl sites for hydroxylation is 1. The zero-order valence-corrected chi connectivity index (χ0v) is 18.2. The van der Waals surface area contributed by atoms with Gasteiger partial charge in [0.25, 0.3) is 6.47 Å². The molecule has 0 atom stereocenters. The van der Waals surface area contributed by atoms with E-state index in [1.165, 1.54) is 37.9 Å². The van der Waals surface area contributed by atoms with E-state index < -0.39 is 0 Å². The summed E-state index contributed by atoms with van der Waals surface area (Å²) in [7, 11) is 0. The maximum atomic E-state index is 10.7. The van der Waals surface area contributed by atoms with Crippen molar-refractivity contribution in [3.05, 3.63) is 109 Å². The Hall–Kier alpha value is -4.37. The third-order valence-corrected chi connectivity index (χ3v) is 6.32. The summed E-state index contributed by atoms with van der Waals surface area (Å²) in [5.41, 5.74) is 4.38. The van der Waals surface area contributed by atoms with E-state index in [0.717, 1.165) is 17.1 Å². The predicted octanol–water partition coefficient (Wildman–Crippen LogP) is 7.90. The zero-order chi connectivity index (χ0) is 22.4. The number of anilines is 3. The SMILES string of the molecule is Cc1ccc(N(c2ccc(OC=O)cc2)c2ccc3ccc4cccc5ccc2c3c45)cc1. The number of hydrogen-bond donors (Lipinski definition) is 0. The lowest BCUT2D eigenvalue weighted by molar-refractivity contribution is -0.120. The lowest BCUT2D eigenvalue weighted by atomic mass is 9.93. The number of carbonyl (C=O) groups excluding carboxylic acids is 1. The highest BCUT2D eigenvalue weighted by Gasteiger charge is 2.18. The van der Waals surface area contributed by atoms with Gasteiger partial charge in [-0.1, -0.05) is 66.2 Å². The summed E-state index contributed by atoms with van der Waals surface area (Å²) in [6.07, 6.45) is 0. The third kappa shape index (κ3) is 3.17. The Kier molecular flexibility index (Phi) is 4.48. The summed E-state index contributed by atoms with van der Waals surface area (Å²) < 4.78 is 5.02. The largest absolute Gasteiger partial charge is 0.429 e. The van der Waals surface area contributed by atoms with Gasteiger partial charge in [0.05, 0.1) is 5.69 Å². The first kappa shape index (κ1) is 19.3. The first-order chi connectivity index (χ1) is 16.2.